The van der Waals surface area contributed by atoms with Crippen LogP contribution in [0, 0.1) is 0 Å². The van der Waals surface area contributed by atoms with Crippen LogP contribution in [-0.4, -0.2) is 33.6 Å². The van der Waals surface area contributed by atoms with E-state index in [1.807, 2.05) is 44.2 Å². The Kier molecular flexibility index (Phi) is 9.38. The summed E-state index contributed by atoms with van der Waals surface area (Å²) in [5.41, 5.74) is 1.50. The van der Waals surface area contributed by atoms with Crippen LogP contribution in [0.25, 0.3) is 0 Å². The minimum Gasteiger partial charge on any atom is -0.352 e. The molecule has 2 N–H and O–H groups in total. The Morgan fingerprint density at radius 2 is 1.60 bits per heavy atom. The molecule has 0 saturated heterocycles. The predicted octanol–water partition coefficient (Wildman–Crippen LogP) is 4.75. The lowest BCUT2D eigenvalue weighted by atomic mass is 10.0. The fourth-order valence-electron chi connectivity index (χ4n) is 3.59. The summed E-state index contributed by atoms with van der Waals surface area (Å²) in [5.74, 6) is -0.527. The monoisotopic (exact) mass is 492 g/mol. The highest BCUT2D eigenvalue weighted by Gasteiger charge is 2.32. The first-order valence-corrected chi connectivity index (χ1v) is 11.8. The molecule has 3 rings (SSSR count). The number of nitrogens with one attached hydrogen (secondary N) is 2. The Hall–Kier alpha value is -3.71. The summed E-state index contributed by atoms with van der Waals surface area (Å²) in [4.78, 5) is 44.9. The van der Waals surface area contributed by atoms with Crippen LogP contribution in [0.15, 0.2) is 79.0 Å². The second-order valence-electron chi connectivity index (χ2n) is 8.39. The van der Waals surface area contributed by atoms with Crippen LogP contribution in [-0.2, 0) is 20.9 Å². The number of hydrogen-bond acceptors (Lipinski definition) is 4. The first kappa shape index (κ1) is 25.9. The highest BCUT2D eigenvalue weighted by Crippen LogP contribution is 2.26. The first-order valence-electron chi connectivity index (χ1n) is 11.4. The van der Waals surface area contributed by atoms with Gasteiger partial charge in [0, 0.05) is 36.6 Å². The van der Waals surface area contributed by atoms with E-state index in [-0.39, 0.29) is 43.1 Å². The molecule has 1 heterocycles. The molecular formula is C27H29ClN4O3. The molecule has 0 aliphatic heterocycles. The molecule has 8 heteroatoms. The summed E-state index contributed by atoms with van der Waals surface area (Å²) in [6.07, 6.45) is 1.47. The minimum atomic E-state index is -0.888. The van der Waals surface area contributed by atoms with Crippen LogP contribution in [0.2, 0.25) is 5.02 Å². The van der Waals surface area contributed by atoms with Crippen molar-refractivity contribution in [2.75, 3.05) is 5.32 Å². The third kappa shape index (κ3) is 7.93. The van der Waals surface area contributed by atoms with Crippen LogP contribution in [0.3, 0.4) is 0 Å². The van der Waals surface area contributed by atoms with Crippen molar-refractivity contribution in [1.29, 1.82) is 0 Å². The molecule has 35 heavy (non-hydrogen) atoms. The average Bonchev–Trinajstić information content (AvgIpc) is 2.84. The van der Waals surface area contributed by atoms with Crippen molar-refractivity contribution in [3.05, 3.63) is 95.1 Å². The highest BCUT2D eigenvalue weighted by atomic mass is 35.5. The standard InChI is InChI=1S/C27H29ClN4O3/c1-19(2)30-27(35)26(21-11-13-22(28)14-12-21)32(18-20-8-4-3-5-9-20)25(34)16-15-24(33)31-23-10-6-7-17-29-23/h3-14,17,19,26H,15-16,18H2,1-2H3,(H,30,35)(H,29,31,33)/t26-/m0/s1. The number of halogens is 1. The summed E-state index contributed by atoms with van der Waals surface area (Å²) in [5, 5.41) is 6.14. The number of amides is 3. The van der Waals surface area contributed by atoms with Crippen molar-refractivity contribution in [2.24, 2.45) is 0 Å². The Morgan fingerprint density at radius 1 is 0.914 bits per heavy atom. The van der Waals surface area contributed by atoms with E-state index in [1.54, 1.807) is 48.7 Å². The maximum Gasteiger partial charge on any atom is 0.247 e. The maximum absolute atomic E-state index is 13.5. The van der Waals surface area contributed by atoms with Crippen LogP contribution >= 0.6 is 11.6 Å². The zero-order valence-corrected chi connectivity index (χ0v) is 20.5. The van der Waals surface area contributed by atoms with Gasteiger partial charge in [0.15, 0.2) is 0 Å². The molecule has 0 saturated carbocycles. The van der Waals surface area contributed by atoms with Gasteiger partial charge in [0.05, 0.1) is 0 Å². The number of rotatable bonds is 10. The quantitative estimate of drug-likeness (QED) is 0.427. The number of hydrogen-bond donors (Lipinski definition) is 2. The van der Waals surface area contributed by atoms with Gasteiger partial charge >= 0.3 is 0 Å². The molecule has 7 nitrogen and oxygen atoms in total. The number of benzene rings is 2. The Balaban J connectivity index is 1.86. The van der Waals surface area contributed by atoms with E-state index < -0.39 is 6.04 Å². The lowest BCUT2D eigenvalue weighted by molar-refractivity contribution is -0.142. The molecule has 0 bridgehead atoms. The van der Waals surface area contributed by atoms with Crippen molar-refractivity contribution in [2.45, 2.75) is 45.3 Å². The Bertz CT molecular complexity index is 1120. The summed E-state index contributed by atoms with van der Waals surface area (Å²) < 4.78 is 0. The molecule has 1 aromatic heterocycles. The number of carbonyl (C=O) groups excluding carboxylic acids is 3. The molecule has 0 spiro atoms. The van der Waals surface area contributed by atoms with Gasteiger partial charge in [-0.15, -0.1) is 0 Å². The molecule has 1 atom stereocenters. The van der Waals surface area contributed by atoms with Crippen LogP contribution < -0.4 is 10.6 Å². The summed E-state index contributed by atoms with van der Waals surface area (Å²) in [6.45, 7) is 3.94. The van der Waals surface area contributed by atoms with E-state index in [0.29, 0.717) is 16.4 Å². The molecular weight excluding hydrogens is 464 g/mol. The largest absolute Gasteiger partial charge is 0.352 e. The van der Waals surface area contributed by atoms with Gasteiger partial charge in [-0.2, -0.15) is 0 Å². The van der Waals surface area contributed by atoms with E-state index in [2.05, 4.69) is 15.6 Å². The molecule has 3 aromatic rings. The molecule has 0 unspecified atom stereocenters. The van der Waals surface area contributed by atoms with Crippen molar-refractivity contribution in [3.63, 3.8) is 0 Å². The number of nitrogens with zero attached hydrogens (tertiary/aromatic N) is 2. The minimum absolute atomic E-state index is 0.0418. The van der Waals surface area contributed by atoms with Gasteiger partial charge in [0.2, 0.25) is 17.7 Å². The normalized spacial score (nSPS) is 11.5. The highest BCUT2D eigenvalue weighted by molar-refractivity contribution is 6.30. The lowest BCUT2D eigenvalue weighted by Crippen LogP contribution is -2.45. The smallest absolute Gasteiger partial charge is 0.247 e. The molecule has 0 aliphatic rings. The lowest BCUT2D eigenvalue weighted by Gasteiger charge is -2.32. The second-order valence-corrected chi connectivity index (χ2v) is 8.82. The van der Waals surface area contributed by atoms with Crippen molar-refractivity contribution in [3.8, 4) is 0 Å². The van der Waals surface area contributed by atoms with E-state index in [9.17, 15) is 14.4 Å². The third-order valence-electron chi connectivity index (χ3n) is 5.19. The van der Waals surface area contributed by atoms with Crippen molar-refractivity contribution >= 4 is 35.1 Å². The predicted molar refractivity (Wildman–Crippen MR) is 137 cm³/mol. The molecule has 3 amide bonds. The van der Waals surface area contributed by atoms with Crippen molar-refractivity contribution < 1.29 is 14.4 Å². The summed E-state index contributed by atoms with van der Waals surface area (Å²) in [6, 6.07) is 20.5. The van der Waals surface area contributed by atoms with Crippen LogP contribution in [0.1, 0.15) is 43.9 Å². The van der Waals surface area contributed by atoms with E-state index in [0.717, 1.165) is 5.56 Å². The van der Waals surface area contributed by atoms with Gasteiger partial charge in [-0.3, -0.25) is 14.4 Å². The van der Waals surface area contributed by atoms with Crippen LogP contribution in [0.4, 0.5) is 5.82 Å². The SMILES string of the molecule is CC(C)NC(=O)[C@H](c1ccc(Cl)cc1)N(Cc1ccccc1)C(=O)CCC(=O)Nc1ccccn1. The molecule has 182 valence electrons. The average molecular weight is 493 g/mol. The zero-order valence-electron chi connectivity index (χ0n) is 19.8. The van der Waals surface area contributed by atoms with E-state index in [1.165, 1.54) is 4.90 Å². The fraction of sp³-hybridized carbons (Fsp3) is 0.259. The van der Waals surface area contributed by atoms with Gasteiger partial charge in [0.25, 0.3) is 0 Å². The number of pyridine rings is 1. The van der Waals surface area contributed by atoms with E-state index >= 15 is 0 Å². The first-order chi connectivity index (χ1) is 16.8. The van der Waals surface area contributed by atoms with Gasteiger partial charge in [-0.25, -0.2) is 4.98 Å². The number of anilines is 1. The number of aromatic nitrogens is 1. The molecule has 0 radical (unpaired) electrons. The Morgan fingerprint density at radius 3 is 2.23 bits per heavy atom. The van der Waals surface area contributed by atoms with Gasteiger partial charge < -0.3 is 15.5 Å². The Labute approximate surface area is 210 Å². The topological polar surface area (TPSA) is 91.4 Å². The molecule has 2 aromatic carbocycles. The molecule has 0 fully saturated rings. The maximum atomic E-state index is 13.5. The molecule has 0 aliphatic carbocycles. The number of carbonyl (C=O) groups is 3. The van der Waals surface area contributed by atoms with Gasteiger partial charge in [0.1, 0.15) is 11.9 Å². The van der Waals surface area contributed by atoms with Crippen LogP contribution in [0.5, 0.6) is 0 Å². The zero-order chi connectivity index (χ0) is 25.2. The van der Waals surface area contributed by atoms with Gasteiger partial charge in [-0.05, 0) is 49.2 Å². The van der Waals surface area contributed by atoms with Crippen molar-refractivity contribution in [1.82, 2.24) is 15.2 Å². The summed E-state index contributed by atoms with van der Waals surface area (Å²) in [7, 11) is 0. The van der Waals surface area contributed by atoms with Gasteiger partial charge in [-0.1, -0.05) is 60.1 Å². The third-order valence-corrected chi connectivity index (χ3v) is 5.44. The van der Waals surface area contributed by atoms with E-state index in [4.69, 9.17) is 11.6 Å². The fourth-order valence-corrected chi connectivity index (χ4v) is 3.72. The summed E-state index contributed by atoms with van der Waals surface area (Å²) >= 11 is 6.07. The second kappa shape index (κ2) is 12.7.